The van der Waals surface area contributed by atoms with Crippen molar-refractivity contribution in [2.75, 3.05) is 0 Å². The number of aliphatic carboxylic acids is 1. The summed E-state index contributed by atoms with van der Waals surface area (Å²) in [5, 5.41) is 12.3. The first kappa shape index (κ1) is 20.0. The lowest BCUT2D eigenvalue weighted by Crippen LogP contribution is -2.47. The van der Waals surface area contributed by atoms with Gasteiger partial charge in [0, 0.05) is 18.8 Å². The Bertz CT molecular complexity index is 648. The predicted molar refractivity (Wildman–Crippen MR) is 95.4 cm³/mol. The van der Waals surface area contributed by atoms with Crippen molar-refractivity contribution in [2.24, 2.45) is 17.3 Å². The SMILES string of the molecule is CC(C)(C)[C@H](CC(=O)[C@@H](NC(=O)c1cnccn1)C1CCCC1)C(=O)O. The van der Waals surface area contributed by atoms with Crippen molar-refractivity contribution in [2.45, 2.75) is 58.9 Å². The van der Waals surface area contributed by atoms with Crippen LogP contribution < -0.4 is 5.32 Å². The Morgan fingerprint density at radius 2 is 1.88 bits per heavy atom. The van der Waals surface area contributed by atoms with Crippen LogP contribution in [0.5, 0.6) is 0 Å². The van der Waals surface area contributed by atoms with Gasteiger partial charge in [-0.2, -0.15) is 0 Å². The molecular weight excluding hydrogens is 334 g/mol. The molecule has 2 atom stereocenters. The summed E-state index contributed by atoms with van der Waals surface area (Å²) in [5.74, 6) is -2.43. The van der Waals surface area contributed by atoms with E-state index in [1.54, 1.807) is 0 Å². The third kappa shape index (κ3) is 5.09. The van der Waals surface area contributed by atoms with E-state index in [0.717, 1.165) is 25.7 Å². The van der Waals surface area contributed by atoms with Gasteiger partial charge in [-0.1, -0.05) is 33.6 Å². The molecule has 1 heterocycles. The highest BCUT2D eigenvalue weighted by Gasteiger charge is 2.38. The van der Waals surface area contributed by atoms with Crippen LogP contribution in [-0.2, 0) is 9.59 Å². The van der Waals surface area contributed by atoms with Gasteiger partial charge in [0.2, 0.25) is 0 Å². The molecule has 0 aliphatic heterocycles. The first-order valence-electron chi connectivity index (χ1n) is 9.02. The smallest absolute Gasteiger partial charge is 0.307 e. The van der Waals surface area contributed by atoms with Crippen LogP contribution in [0.1, 0.15) is 63.4 Å². The molecule has 26 heavy (non-hydrogen) atoms. The Hall–Kier alpha value is -2.31. The largest absolute Gasteiger partial charge is 0.481 e. The van der Waals surface area contributed by atoms with Crippen LogP contribution in [0, 0.1) is 17.3 Å². The highest BCUT2D eigenvalue weighted by Crippen LogP contribution is 2.33. The molecule has 7 heteroatoms. The highest BCUT2D eigenvalue weighted by molar-refractivity contribution is 5.97. The Labute approximate surface area is 153 Å². The van der Waals surface area contributed by atoms with E-state index >= 15 is 0 Å². The number of nitrogens with one attached hydrogen (secondary N) is 1. The van der Waals surface area contributed by atoms with Gasteiger partial charge in [-0.3, -0.25) is 19.4 Å². The summed E-state index contributed by atoms with van der Waals surface area (Å²) in [6.07, 6.45) is 7.86. The van der Waals surface area contributed by atoms with E-state index in [-0.39, 0.29) is 23.8 Å². The average molecular weight is 361 g/mol. The van der Waals surface area contributed by atoms with E-state index in [4.69, 9.17) is 0 Å². The first-order valence-corrected chi connectivity index (χ1v) is 9.02. The van der Waals surface area contributed by atoms with Crippen molar-refractivity contribution in [3.05, 3.63) is 24.3 Å². The summed E-state index contributed by atoms with van der Waals surface area (Å²) >= 11 is 0. The lowest BCUT2D eigenvalue weighted by atomic mass is 9.76. The minimum atomic E-state index is -0.990. The molecule has 7 nitrogen and oxygen atoms in total. The maximum atomic E-state index is 12.9. The fourth-order valence-electron chi connectivity index (χ4n) is 3.48. The van der Waals surface area contributed by atoms with Crippen LogP contribution in [0.4, 0.5) is 0 Å². The lowest BCUT2D eigenvalue weighted by molar-refractivity contribution is -0.148. The topological polar surface area (TPSA) is 109 Å². The summed E-state index contributed by atoms with van der Waals surface area (Å²) < 4.78 is 0. The molecule has 1 saturated carbocycles. The maximum absolute atomic E-state index is 12.9. The summed E-state index contributed by atoms with van der Waals surface area (Å²) in [6.45, 7) is 5.42. The first-order chi connectivity index (χ1) is 12.2. The molecule has 0 bridgehead atoms. The van der Waals surface area contributed by atoms with Gasteiger partial charge >= 0.3 is 5.97 Å². The molecule has 0 radical (unpaired) electrons. The van der Waals surface area contributed by atoms with Crippen LogP contribution in [0.2, 0.25) is 0 Å². The average Bonchev–Trinajstić information content (AvgIpc) is 3.10. The Morgan fingerprint density at radius 1 is 1.23 bits per heavy atom. The van der Waals surface area contributed by atoms with E-state index in [1.807, 2.05) is 20.8 Å². The van der Waals surface area contributed by atoms with Gasteiger partial charge in [0.25, 0.3) is 5.91 Å². The summed E-state index contributed by atoms with van der Waals surface area (Å²) in [5.41, 5.74) is -0.398. The van der Waals surface area contributed by atoms with Gasteiger partial charge in [-0.25, -0.2) is 4.98 Å². The van der Waals surface area contributed by atoms with Gasteiger partial charge < -0.3 is 10.4 Å². The molecule has 1 fully saturated rings. The Morgan fingerprint density at radius 3 is 2.38 bits per heavy atom. The fraction of sp³-hybridized carbons (Fsp3) is 0.632. The molecule has 0 saturated heterocycles. The number of rotatable bonds is 7. The number of carbonyl (C=O) groups excluding carboxylic acids is 2. The van der Waals surface area contributed by atoms with E-state index in [9.17, 15) is 19.5 Å². The molecule has 0 aromatic carbocycles. The normalized spacial score (nSPS) is 17.5. The number of Topliss-reactive ketones (excluding diaryl/α,β-unsaturated/α-hetero) is 1. The van der Waals surface area contributed by atoms with E-state index < -0.39 is 29.3 Å². The monoisotopic (exact) mass is 361 g/mol. The molecule has 1 amide bonds. The highest BCUT2D eigenvalue weighted by atomic mass is 16.4. The Kier molecular flexibility index (Phi) is 6.45. The molecule has 1 aliphatic carbocycles. The minimum Gasteiger partial charge on any atom is -0.481 e. The zero-order valence-corrected chi connectivity index (χ0v) is 15.6. The summed E-state index contributed by atoms with van der Waals surface area (Å²) in [6, 6.07) is -0.684. The number of hydrogen-bond acceptors (Lipinski definition) is 5. The number of carbonyl (C=O) groups is 3. The van der Waals surface area contributed by atoms with Gasteiger partial charge in [0.1, 0.15) is 5.69 Å². The van der Waals surface area contributed by atoms with Gasteiger partial charge in [0.15, 0.2) is 5.78 Å². The second kappa shape index (κ2) is 8.38. The minimum absolute atomic E-state index is 0.0394. The molecule has 2 rings (SSSR count). The summed E-state index contributed by atoms with van der Waals surface area (Å²) in [7, 11) is 0. The van der Waals surface area contributed by atoms with Crippen LogP contribution in [0.25, 0.3) is 0 Å². The summed E-state index contributed by atoms with van der Waals surface area (Å²) in [4.78, 5) is 44.8. The number of hydrogen-bond donors (Lipinski definition) is 2. The van der Waals surface area contributed by atoms with Crippen molar-refractivity contribution in [1.29, 1.82) is 0 Å². The van der Waals surface area contributed by atoms with Crippen molar-refractivity contribution >= 4 is 17.7 Å². The molecule has 142 valence electrons. The second-order valence-corrected chi connectivity index (χ2v) is 8.01. The standard InChI is InChI=1S/C19H27N3O4/c1-19(2,3)13(18(25)26)10-15(23)16(12-6-4-5-7-12)22-17(24)14-11-20-8-9-21-14/h8-9,11-13,16H,4-7,10H2,1-3H3,(H,22,24)(H,25,26)/t13-,16+/m1/s1. The van der Waals surface area contributed by atoms with Crippen molar-refractivity contribution in [3.8, 4) is 0 Å². The van der Waals surface area contributed by atoms with Crippen LogP contribution >= 0.6 is 0 Å². The second-order valence-electron chi connectivity index (χ2n) is 8.01. The number of nitrogens with zero attached hydrogens (tertiary/aromatic N) is 2. The van der Waals surface area contributed by atoms with Crippen LogP contribution in [0.15, 0.2) is 18.6 Å². The van der Waals surface area contributed by atoms with Gasteiger partial charge in [-0.15, -0.1) is 0 Å². The third-order valence-corrected chi connectivity index (χ3v) is 5.05. The number of ketones is 1. The molecule has 2 N–H and O–H groups in total. The number of carboxylic acids is 1. The van der Waals surface area contributed by atoms with Crippen LogP contribution in [-0.4, -0.2) is 38.8 Å². The molecule has 1 aliphatic rings. The number of amides is 1. The van der Waals surface area contributed by atoms with E-state index in [0.29, 0.717) is 0 Å². The van der Waals surface area contributed by atoms with Crippen LogP contribution in [0.3, 0.4) is 0 Å². The number of carboxylic acid groups (broad SMARTS) is 1. The van der Waals surface area contributed by atoms with E-state index in [1.165, 1.54) is 18.6 Å². The zero-order valence-electron chi connectivity index (χ0n) is 15.6. The van der Waals surface area contributed by atoms with Crippen molar-refractivity contribution in [1.82, 2.24) is 15.3 Å². The fourth-order valence-corrected chi connectivity index (χ4v) is 3.48. The van der Waals surface area contributed by atoms with Crippen molar-refractivity contribution < 1.29 is 19.5 Å². The third-order valence-electron chi connectivity index (χ3n) is 5.05. The quantitative estimate of drug-likeness (QED) is 0.772. The predicted octanol–water partition coefficient (Wildman–Crippen LogP) is 2.47. The molecular formula is C19H27N3O4. The lowest BCUT2D eigenvalue weighted by Gasteiger charge is -2.29. The van der Waals surface area contributed by atoms with Gasteiger partial charge in [0.05, 0.1) is 18.2 Å². The molecule has 1 aromatic heterocycles. The maximum Gasteiger partial charge on any atom is 0.307 e. The van der Waals surface area contributed by atoms with E-state index in [2.05, 4.69) is 15.3 Å². The van der Waals surface area contributed by atoms with Gasteiger partial charge in [-0.05, 0) is 24.2 Å². The molecule has 0 unspecified atom stereocenters. The molecule has 0 spiro atoms. The number of aromatic nitrogens is 2. The molecule has 1 aromatic rings. The Balaban J connectivity index is 2.17. The van der Waals surface area contributed by atoms with Crippen molar-refractivity contribution in [3.63, 3.8) is 0 Å². The zero-order chi connectivity index (χ0) is 19.3.